The number of aryl methyl sites for hydroxylation is 1. The summed E-state index contributed by atoms with van der Waals surface area (Å²) in [6, 6.07) is 2.06. The van der Waals surface area contributed by atoms with E-state index < -0.39 is 0 Å². The number of hydrogen-bond donors (Lipinski definition) is 1. The Bertz CT molecular complexity index is 801. The average molecular weight is 314 g/mol. The second-order valence-corrected chi connectivity index (χ2v) is 6.34. The Labute approximate surface area is 134 Å². The van der Waals surface area contributed by atoms with Gasteiger partial charge < -0.3 is 5.32 Å². The highest BCUT2D eigenvalue weighted by molar-refractivity contribution is 5.67. The summed E-state index contributed by atoms with van der Waals surface area (Å²) in [5.74, 6) is 1.53. The number of rotatable bonds is 5. The molecule has 1 N–H and O–H groups in total. The average Bonchev–Trinajstić information content (AvgIpc) is 3.12. The van der Waals surface area contributed by atoms with Crippen LogP contribution in [0, 0.1) is 5.92 Å². The zero-order valence-electron chi connectivity index (χ0n) is 14.1. The molecule has 0 aliphatic heterocycles. The molecule has 23 heavy (non-hydrogen) atoms. The van der Waals surface area contributed by atoms with Crippen LogP contribution in [-0.2, 0) is 7.05 Å². The van der Waals surface area contributed by atoms with Crippen molar-refractivity contribution in [1.82, 2.24) is 34.6 Å². The summed E-state index contributed by atoms with van der Waals surface area (Å²) in [7, 11) is 1.90. The van der Waals surface area contributed by atoms with Crippen LogP contribution in [0.1, 0.15) is 51.2 Å². The van der Waals surface area contributed by atoms with Crippen molar-refractivity contribution in [3.8, 4) is 0 Å². The Hall–Kier alpha value is -2.51. The van der Waals surface area contributed by atoms with Crippen LogP contribution in [0.3, 0.4) is 0 Å². The lowest BCUT2D eigenvalue weighted by molar-refractivity contribution is 0.498. The zero-order valence-corrected chi connectivity index (χ0v) is 14.1. The molecule has 0 fully saturated rings. The molecule has 0 spiro atoms. The lowest BCUT2D eigenvalue weighted by Crippen LogP contribution is -2.21. The Morgan fingerprint density at radius 2 is 1.96 bits per heavy atom. The van der Waals surface area contributed by atoms with Gasteiger partial charge in [0.2, 0.25) is 5.65 Å². The molecule has 3 aromatic heterocycles. The summed E-state index contributed by atoms with van der Waals surface area (Å²) in [6.45, 7) is 8.53. The fourth-order valence-corrected chi connectivity index (χ4v) is 2.52. The van der Waals surface area contributed by atoms with Gasteiger partial charge in [-0.3, -0.25) is 4.68 Å². The summed E-state index contributed by atoms with van der Waals surface area (Å²) in [6.07, 6.45) is 3.20. The van der Waals surface area contributed by atoms with Gasteiger partial charge in [-0.1, -0.05) is 27.7 Å². The fraction of sp³-hybridized carbons (Fsp3) is 0.533. The van der Waals surface area contributed by atoms with Gasteiger partial charge in [-0.15, -0.1) is 10.2 Å². The van der Waals surface area contributed by atoms with Gasteiger partial charge in [0.05, 0.1) is 17.4 Å². The van der Waals surface area contributed by atoms with E-state index in [1.807, 2.05) is 13.1 Å². The van der Waals surface area contributed by atoms with Crippen LogP contribution >= 0.6 is 0 Å². The zero-order chi connectivity index (χ0) is 16.6. The molecule has 0 saturated heterocycles. The van der Waals surface area contributed by atoms with Crippen LogP contribution in [0.5, 0.6) is 0 Å². The SMILES string of the molecule is CC(C)c1cc(NC(c2ncnn2C)C(C)C)c2nncn2n1. The van der Waals surface area contributed by atoms with E-state index in [-0.39, 0.29) is 6.04 Å². The molecule has 3 aromatic rings. The minimum absolute atomic E-state index is 0.0189. The van der Waals surface area contributed by atoms with Gasteiger partial charge in [-0.25, -0.2) is 4.98 Å². The maximum atomic E-state index is 4.55. The first kappa shape index (κ1) is 15.4. The predicted molar refractivity (Wildman–Crippen MR) is 87.1 cm³/mol. The molecule has 1 unspecified atom stereocenters. The third-order valence-corrected chi connectivity index (χ3v) is 3.88. The molecular weight excluding hydrogens is 292 g/mol. The topological polar surface area (TPSA) is 85.8 Å². The standard InChI is InChI=1S/C15H22N8/c1-9(2)11-6-12(14-20-17-8-23(14)21-11)19-13(10(3)4)15-16-7-18-22(15)5/h6-10,13,19H,1-5H3. The number of nitrogens with zero attached hydrogens (tertiary/aromatic N) is 7. The van der Waals surface area contributed by atoms with E-state index in [4.69, 9.17) is 0 Å². The van der Waals surface area contributed by atoms with Crippen molar-refractivity contribution >= 4 is 11.3 Å². The van der Waals surface area contributed by atoms with Crippen LogP contribution in [0.15, 0.2) is 18.7 Å². The predicted octanol–water partition coefficient (Wildman–Crippen LogP) is 2.19. The lowest BCUT2D eigenvalue weighted by Gasteiger charge is -2.23. The van der Waals surface area contributed by atoms with Crippen LogP contribution in [0.25, 0.3) is 5.65 Å². The smallest absolute Gasteiger partial charge is 0.200 e. The third kappa shape index (κ3) is 2.88. The third-order valence-electron chi connectivity index (χ3n) is 3.88. The second kappa shape index (κ2) is 5.94. The Morgan fingerprint density at radius 1 is 1.17 bits per heavy atom. The number of nitrogens with one attached hydrogen (secondary N) is 1. The first-order chi connectivity index (χ1) is 11.0. The van der Waals surface area contributed by atoms with Gasteiger partial charge in [0.1, 0.15) is 18.5 Å². The number of aromatic nitrogens is 7. The first-order valence-corrected chi connectivity index (χ1v) is 7.78. The van der Waals surface area contributed by atoms with Gasteiger partial charge in [-0.05, 0) is 17.9 Å². The van der Waals surface area contributed by atoms with E-state index >= 15 is 0 Å². The van der Waals surface area contributed by atoms with Gasteiger partial charge in [0.15, 0.2) is 0 Å². The molecule has 122 valence electrons. The van der Waals surface area contributed by atoms with E-state index in [1.165, 1.54) is 0 Å². The van der Waals surface area contributed by atoms with Gasteiger partial charge in [0.25, 0.3) is 0 Å². The van der Waals surface area contributed by atoms with Crippen molar-refractivity contribution in [3.63, 3.8) is 0 Å². The van der Waals surface area contributed by atoms with Crippen molar-refractivity contribution < 1.29 is 0 Å². The molecule has 0 amide bonds. The molecule has 0 radical (unpaired) electrons. The lowest BCUT2D eigenvalue weighted by atomic mass is 10.0. The molecular formula is C15H22N8. The summed E-state index contributed by atoms with van der Waals surface area (Å²) in [5, 5.41) is 20.4. The van der Waals surface area contributed by atoms with Gasteiger partial charge in [0, 0.05) is 7.05 Å². The van der Waals surface area contributed by atoms with Crippen molar-refractivity contribution in [2.75, 3.05) is 5.32 Å². The van der Waals surface area contributed by atoms with Crippen molar-refractivity contribution in [1.29, 1.82) is 0 Å². The highest BCUT2D eigenvalue weighted by Gasteiger charge is 2.22. The monoisotopic (exact) mass is 314 g/mol. The number of hydrogen-bond acceptors (Lipinski definition) is 6. The van der Waals surface area contributed by atoms with Crippen molar-refractivity contribution in [2.24, 2.45) is 13.0 Å². The molecule has 3 rings (SSSR count). The van der Waals surface area contributed by atoms with Gasteiger partial charge >= 0.3 is 0 Å². The fourth-order valence-electron chi connectivity index (χ4n) is 2.52. The number of fused-ring (bicyclic) bond motifs is 1. The van der Waals surface area contributed by atoms with Crippen molar-refractivity contribution in [3.05, 3.63) is 30.2 Å². The molecule has 3 heterocycles. The molecule has 0 bridgehead atoms. The largest absolute Gasteiger partial charge is 0.372 e. The highest BCUT2D eigenvalue weighted by atomic mass is 15.4. The molecule has 0 aliphatic rings. The minimum Gasteiger partial charge on any atom is -0.372 e. The summed E-state index contributed by atoms with van der Waals surface area (Å²) in [4.78, 5) is 4.39. The highest BCUT2D eigenvalue weighted by Crippen LogP contribution is 2.28. The Morgan fingerprint density at radius 3 is 2.57 bits per heavy atom. The molecule has 0 saturated carbocycles. The normalized spacial score (nSPS) is 13.2. The molecule has 8 nitrogen and oxygen atoms in total. The molecule has 0 aromatic carbocycles. The molecule has 1 atom stereocenters. The van der Waals surface area contributed by atoms with E-state index in [0.29, 0.717) is 17.5 Å². The van der Waals surface area contributed by atoms with Crippen molar-refractivity contribution in [2.45, 2.75) is 39.7 Å². The van der Waals surface area contributed by atoms with E-state index in [1.54, 1.807) is 21.9 Å². The maximum Gasteiger partial charge on any atom is 0.200 e. The minimum atomic E-state index is 0.0189. The van der Waals surface area contributed by atoms with E-state index in [2.05, 4.69) is 58.4 Å². The Kier molecular flexibility index (Phi) is 3.97. The summed E-state index contributed by atoms with van der Waals surface area (Å²) in [5.41, 5.74) is 2.60. The molecule has 8 heteroatoms. The molecule has 0 aliphatic carbocycles. The van der Waals surface area contributed by atoms with E-state index in [0.717, 1.165) is 17.2 Å². The van der Waals surface area contributed by atoms with Crippen LogP contribution in [0.2, 0.25) is 0 Å². The van der Waals surface area contributed by atoms with E-state index in [9.17, 15) is 0 Å². The number of anilines is 1. The summed E-state index contributed by atoms with van der Waals surface area (Å²) >= 11 is 0. The van der Waals surface area contributed by atoms with Crippen LogP contribution in [0.4, 0.5) is 5.69 Å². The maximum absolute atomic E-state index is 4.55. The first-order valence-electron chi connectivity index (χ1n) is 7.78. The second-order valence-electron chi connectivity index (χ2n) is 6.34. The van der Waals surface area contributed by atoms with Gasteiger partial charge in [-0.2, -0.15) is 14.7 Å². The Balaban J connectivity index is 2.05. The quantitative estimate of drug-likeness (QED) is 0.777. The summed E-state index contributed by atoms with van der Waals surface area (Å²) < 4.78 is 3.51. The van der Waals surface area contributed by atoms with Crippen LogP contribution in [-0.4, -0.2) is 34.6 Å². The van der Waals surface area contributed by atoms with Crippen LogP contribution < -0.4 is 5.32 Å².